The number of carbonyl (C=O) groups is 1. The number of hydrogen-bond donors (Lipinski definition) is 2. The summed E-state index contributed by atoms with van der Waals surface area (Å²) in [6.45, 7) is 3.23. The number of methoxy groups -OCH3 is 1. The van der Waals surface area contributed by atoms with Gasteiger partial charge in [-0.15, -0.1) is 0 Å². The van der Waals surface area contributed by atoms with Crippen LogP contribution in [0.4, 0.5) is 13.2 Å². The van der Waals surface area contributed by atoms with Gasteiger partial charge in [0.05, 0.1) is 37.9 Å². The molecule has 14 heteroatoms. The molecule has 49 heavy (non-hydrogen) atoms. The second kappa shape index (κ2) is 15.7. The van der Waals surface area contributed by atoms with Crippen LogP contribution in [0, 0.1) is 5.41 Å². The highest BCUT2D eigenvalue weighted by atomic mass is 19.4. The Morgan fingerprint density at radius 1 is 0.918 bits per heavy atom. The number of rotatable bonds is 13. The number of aliphatic hydroxyl groups excluding tert-OH is 2. The van der Waals surface area contributed by atoms with Crippen LogP contribution in [0.1, 0.15) is 36.5 Å². The summed E-state index contributed by atoms with van der Waals surface area (Å²) in [5.41, 5.74) is 1.11. The first kappa shape index (κ1) is 36.3. The minimum Gasteiger partial charge on any atom is -0.481 e. The van der Waals surface area contributed by atoms with Gasteiger partial charge in [0, 0.05) is 57.3 Å². The molecular weight excluding hydrogens is 643 g/mol. The van der Waals surface area contributed by atoms with E-state index in [0.717, 1.165) is 11.1 Å². The third-order valence-corrected chi connectivity index (χ3v) is 9.20. The molecule has 2 saturated heterocycles. The van der Waals surface area contributed by atoms with Crippen molar-refractivity contribution in [2.75, 3.05) is 66.3 Å². The number of ether oxygens (including phenoxy) is 3. The van der Waals surface area contributed by atoms with Crippen molar-refractivity contribution in [2.24, 2.45) is 5.41 Å². The van der Waals surface area contributed by atoms with E-state index >= 15 is 0 Å². The average molecular weight is 688 g/mol. The Bertz CT molecular complexity index is 1490. The van der Waals surface area contributed by atoms with Crippen molar-refractivity contribution < 1.29 is 42.4 Å². The summed E-state index contributed by atoms with van der Waals surface area (Å²) in [7, 11) is 1.38. The zero-order valence-corrected chi connectivity index (χ0v) is 28.0. The molecule has 2 aliphatic heterocycles. The maximum Gasteiger partial charge on any atom is 0.422 e. The summed E-state index contributed by atoms with van der Waals surface area (Å²) < 4.78 is 56.2. The summed E-state index contributed by atoms with van der Waals surface area (Å²) in [6.07, 6.45) is -4.60. The molecule has 11 nitrogen and oxygen atoms in total. The van der Waals surface area contributed by atoms with Crippen LogP contribution >= 0.6 is 0 Å². The number of fused-ring (bicyclic) bond motifs is 1. The molecule has 2 atom stereocenters. The smallest absolute Gasteiger partial charge is 0.422 e. The first-order chi connectivity index (χ1) is 23.5. The minimum atomic E-state index is -4.60. The number of halogens is 3. The van der Waals surface area contributed by atoms with E-state index in [1.165, 1.54) is 7.11 Å². The molecule has 0 bridgehead atoms. The lowest BCUT2D eigenvalue weighted by molar-refractivity contribution is -0.154. The maximum absolute atomic E-state index is 13.6. The topological polar surface area (TPSA) is 121 Å². The highest BCUT2D eigenvalue weighted by Crippen LogP contribution is 2.38. The predicted octanol–water partition coefficient (Wildman–Crippen LogP) is 3.35. The fraction of sp³-hybridized carbons (Fsp3) is 0.514. The summed E-state index contributed by atoms with van der Waals surface area (Å²) in [6, 6.07) is 19.8. The van der Waals surface area contributed by atoms with Crippen LogP contribution in [0.5, 0.6) is 17.8 Å². The lowest BCUT2D eigenvalue weighted by atomic mass is 9.81. The van der Waals surface area contributed by atoms with Gasteiger partial charge in [0.15, 0.2) is 6.61 Å². The minimum absolute atomic E-state index is 0.0411. The first-order valence-corrected chi connectivity index (χ1v) is 16.4. The van der Waals surface area contributed by atoms with Gasteiger partial charge in [-0.3, -0.25) is 14.6 Å². The Labute approximate surface area is 284 Å². The molecule has 5 rings (SSSR count). The molecule has 2 aromatic carbocycles. The van der Waals surface area contributed by atoms with Gasteiger partial charge in [-0.1, -0.05) is 60.7 Å². The lowest BCUT2D eigenvalue weighted by Crippen LogP contribution is -2.68. The Hall–Kier alpha value is -3.98. The third kappa shape index (κ3) is 8.43. The van der Waals surface area contributed by atoms with Crippen molar-refractivity contribution in [2.45, 2.75) is 44.6 Å². The van der Waals surface area contributed by atoms with Gasteiger partial charge >= 0.3 is 12.2 Å². The maximum atomic E-state index is 13.6. The van der Waals surface area contributed by atoms with Crippen molar-refractivity contribution in [3.8, 4) is 17.8 Å². The summed E-state index contributed by atoms with van der Waals surface area (Å²) in [5.74, 6) is -0.664. The van der Waals surface area contributed by atoms with E-state index in [2.05, 4.69) is 44.0 Å². The summed E-state index contributed by atoms with van der Waals surface area (Å²) >= 11 is 0. The van der Waals surface area contributed by atoms with E-state index in [1.54, 1.807) is 18.7 Å². The van der Waals surface area contributed by atoms with Crippen LogP contribution in [-0.2, 0) is 11.3 Å². The molecule has 0 spiro atoms. The molecule has 1 aromatic heterocycles. The molecule has 0 saturated carbocycles. The molecule has 2 N–H and O–H groups in total. The Balaban J connectivity index is 1.55. The number of hydrogen-bond acceptors (Lipinski definition) is 10. The van der Waals surface area contributed by atoms with E-state index in [0.29, 0.717) is 32.7 Å². The molecule has 1 amide bonds. The highest BCUT2D eigenvalue weighted by Gasteiger charge is 2.46. The molecule has 2 aliphatic rings. The van der Waals surface area contributed by atoms with Crippen molar-refractivity contribution >= 4 is 5.91 Å². The van der Waals surface area contributed by atoms with E-state index in [-0.39, 0.29) is 60.4 Å². The van der Waals surface area contributed by atoms with E-state index < -0.39 is 31.4 Å². The molecule has 0 radical (unpaired) electrons. The van der Waals surface area contributed by atoms with Crippen LogP contribution in [0.3, 0.4) is 0 Å². The fourth-order valence-electron chi connectivity index (χ4n) is 6.76. The van der Waals surface area contributed by atoms with Crippen LogP contribution in [0.25, 0.3) is 0 Å². The average Bonchev–Trinajstić information content (AvgIpc) is 3.11. The normalized spacial score (nSPS) is 19.1. The number of piperazine rings is 2. The van der Waals surface area contributed by atoms with Crippen LogP contribution in [0.2, 0.25) is 0 Å². The zero-order valence-electron chi connectivity index (χ0n) is 28.0. The van der Waals surface area contributed by atoms with Crippen LogP contribution < -0.4 is 14.2 Å². The molecule has 2 fully saturated rings. The van der Waals surface area contributed by atoms with Crippen molar-refractivity contribution in [1.82, 2.24) is 24.7 Å². The van der Waals surface area contributed by atoms with Crippen molar-refractivity contribution in [3.63, 3.8) is 0 Å². The monoisotopic (exact) mass is 687 g/mol. The van der Waals surface area contributed by atoms with Gasteiger partial charge in [-0.2, -0.15) is 23.1 Å². The SMILES string of the molecule is CCOc1nc(OC)c(CN2C[C@@H]3CN(C(=O)C(C)(CO)CO)CCN3[C@H](C(c3ccccc3)c3ccccc3)C2)c(OCC(F)(F)F)n1. The standard InChI is InChI=1S/C35H44F3N5O6/c1-4-48-33-39-30(47-3)27(31(40-33)49-23-35(36,37)38)19-41-17-26-18-42(32(46)34(2,21-44)22-45)15-16-43(26)28(20-41)29(24-11-7-5-8-12-24)25-13-9-6-10-14-25/h5-14,26,28-29,44-45H,4,15-23H2,1-3H3/t26-,28+/m1/s1. The molecule has 0 aliphatic carbocycles. The number of amides is 1. The highest BCUT2D eigenvalue weighted by molar-refractivity contribution is 5.82. The number of carbonyl (C=O) groups excluding carboxylic acids is 1. The Morgan fingerprint density at radius 2 is 1.53 bits per heavy atom. The number of aromatic nitrogens is 2. The number of benzene rings is 2. The van der Waals surface area contributed by atoms with Gasteiger partial charge in [0.25, 0.3) is 0 Å². The second-order valence-corrected chi connectivity index (χ2v) is 12.7. The molecule has 266 valence electrons. The van der Waals surface area contributed by atoms with Gasteiger partial charge in [-0.25, -0.2) is 0 Å². The van der Waals surface area contributed by atoms with Gasteiger partial charge in [0.1, 0.15) is 0 Å². The lowest BCUT2D eigenvalue weighted by Gasteiger charge is -2.54. The Morgan fingerprint density at radius 3 is 2.08 bits per heavy atom. The quantitative estimate of drug-likeness (QED) is 0.277. The van der Waals surface area contributed by atoms with E-state index in [4.69, 9.17) is 14.2 Å². The van der Waals surface area contributed by atoms with Crippen LogP contribution in [0.15, 0.2) is 60.7 Å². The van der Waals surface area contributed by atoms with Crippen molar-refractivity contribution in [3.05, 3.63) is 77.4 Å². The number of alkyl halides is 3. The van der Waals surface area contributed by atoms with E-state index in [1.807, 2.05) is 36.4 Å². The molecular formula is C35H44F3N5O6. The largest absolute Gasteiger partial charge is 0.481 e. The van der Waals surface area contributed by atoms with Gasteiger partial charge < -0.3 is 29.3 Å². The third-order valence-electron chi connectivity index (χ3n) is 9.20. The van der Waals surface area contributed by atoms with Gasteiger partial charge in [0.2, 0.25) is 17.7 Å². The molecule has 0 unspecified atom stereocenters. The fourth-order valence-corrected chi connectivity index (χ4v) is 6.76. The second-order valence-electron chi connectivity index (χ2n) is 12.7. The number of aliphatic hydroxyl groups is 2. The summed E-state index contributed by atoms with van der Waals surface area (Å²) in [4.78, 5) is 28.3. The van der Waals surface area contributed by atoms with Crippen molar-refractivity contribution in [1.29, 1.82) is 0 Å². The van der Waals surface area contributed by atoms with Crippen LogP contribution in [-0.4, -0.2) is 125 Å². The Kier molecular flexibility index (Phi) is 11.6. The predicted molar refractivity (Wildman–Crippen MR) is 174 cm³/mol. The molecule has 3 heterocycles. The van der Waals surface area contributed by atoms with Gasteiger partial charge in [-0.05, 0) is 25.0 Å². The molecule has 3 aromatic rings. The first-order valence-electron chi connectivity index (χ1n) is 16.4. The summed E-state index contributed by atoms with van der Waals surface area (Å²) in [5, 5.41) is 19.9. The zero-order chi connectivity index (χ0) is 35.2. The van der Waals surface area contributed by atoms with E-state index in [9.17, 15) is 28.2 Å². The number of nitrogens with zero attached hydrogens (tertiary/aromatic N) is 5.